The van der Waals surface area contributed by atoms with E-state index in [4.69, 9.17) is 4.74 Å². The van der Waals surface area contributed by atoms with Gasteiger partial charge in [0.2, 0.25) is 5.91 Å². The molecule has 1 atom stereocenters. The number of aromatic nitrogens is 1. The molecule has 1 aromatic heterocycles. The molecule has 1 amide bonds. The van der Waals surface area contributed by atoms with Gasteiger partial charge < -0.3 is 24.6 Å². The summed E-state index contributed by atoms with van der Waals surface area (Å²) >= 11 is 4.64. The van der Waals surface area contributed by atoms with Gasteiger partial charge in [-0.1, -0.05) is 50.2 Å². The number of esters is 1. The Labute approximate surface area is 318 Å². The van der Waals surface area contributed by atoms with Gasteiger partial charge in [0.05, 0.1) is 37.2 Å². The standard InChI is InChI=1S/C21H34F3N3O3S.C20H19NO/c1-15(2)13-18(20(29)25-10-7-19(28)30-6)27(5)14-16(8-11-26(3)4)17(9-12-31)21(22,23)24;1-14-4-3-5-15(2)19(14)16-7-9-21-17(10-16)6-8-20-11-18(12-20)22-13-20/h9,12,14-15,18H,7-8,10-11,13H2,1-6H3,(H,25,29);3-5,7,9-10,18H,11-13H2,1-2H3/b16-14-,17-9+;. The van der Waals surface area contributed by atoms with Crippen LogP contribution in [-0.4, -0.2) is 98.3 Å². The van der Waals surface area contributed by atoms with Gasteiger partial charge in [0.25, 0.3) is 0 Å². The summed E-state index contributed by atoms with van der Waals surface area (Å²) in [4.78, 5) is 31.7. The number of pyridine rings is 1. The number of hydrogen-bond acceptors (Lipinski definition) is 8. The van der Waals surface area contributed by atoms with E-state index in [1.807, 2.05) is 20.0 Å². The zero-order valence-electron chi connectivity index (χ0n) is 32.1. The van der Waals surface area contributed by atoms with Crippen molar-refractivity contribution in [1.82, 2.24) is 20.1 Å². The van der Waals surface area contributed by atoms with Gasteiger partial charge in [0.15, 0.2) is 0 Å². The summed E-state index contributed by atoms with van der Waals surface area (Å²) < 4.78 is 51.1. The number of methoxy groups -OCH3 is 1. The highest BCUT2D eigenvalue weighted by molar-refractivity contribution is 7.79. The van der Waals surface area contributed by atoms with E-state index in [2.05, 4.69) is 83.3 Å². The molecule has 1 aromatic carbocycles. The number of ether oxygens (including phenoxy) is 2. The number of thiocarbonyl (C=S) groups is 1. The first-order chi connectivity index (χ1) is 25.0. The maximum atomic E-state index is 13.6. The van der Waals surface area contributed by atoms with Crippen LogP contribution in [0.5, 0.6) is 0 Å². The molecule has 0 spiro atoms. The molecule has 2 saturated heterocycles. The molecule has 12 heteroatoms. The highest BCUT2D eigenvalue weighted by Gasteiger charge is 2.51. The first kappa shape index (κ1) is 43.4. The number of nitrogens with zero attached hydrogens (tertiary/aromatic N) is 3. The zero-order chi connectivity index (χ0) is 39.3. The minimum atomic E-state index is -4.58. The lowest BCUT2D eigenvalue weighted by Gasteiger charge is -2.29. The van der Waals surface area contributed by atoms with Crippen molar-refractivity contribution in [3.05, 3.63) is 76.8 Å². The number of benzene rings is 1. The van der Waals surface area contributed by atoms with Crippen LogP contribution in [0.2, 0.25) is 0 Å². The Hall–Kier alpha value is -4.05. The van der Waals surface area contributed by atoms with Crippen LogP contribution < -0.4 is 5.32 Å². The average Bonchev–Trinajstić information content (AvgIpc) is 3.69. The maximum Gasteiger partial charge on any atom is 0.416 e. The molecule has 53 heavy (non-hydrogen) atoms. The number of amides is 1. The Morgan fingerprint density at radius 1 is 1.15 bits per heavy atom. The summed E-state index contributed by atoms with van der Waals surface area (Å²) in [5, 5.41) is 3.61. The first-order valence-electron chi connectivity index (χ1n) is 17.8. The number of fused-ring (bicyclic) bond motifs is 1. The lowest BCUT2D eigenvalue weighted by Crippen LogP contribution is -2.44. The van der Waals surface area contributed by atoms with Crippen LogP contribution >= 0.6 is 12.2 Å². The minimum Gasteiger partial charge on any atom is -0.469 e. The second-order valence-corrected chi connectivity index (χ2v) is 14.7. The third kappa shape index (κ3) is 13.1. The third-order valence-corrected chi connectivity index (χ3v) is 9.37. The summed E-state index contributed by atoms with van der Waals surface area (Å²) in [5.74, 6) is 5.98. The molecule has 2 aromatic rings. The van der Waals surface area contributed by atoms with Crippen LogP contribution in [0, 0.1) is 37.0 Å². The van der Waals surface area contributed by atoms with Gasteiger partial charge in [-0.25, -0.2) is 4.98 Å². The Morgan fingerprint density at radius 2 is 1.83 bits per heavy atom. The summed E-state index contributed by atoms with van der Waals surface area (Å²) in [5.41, 5.74) is 5.24. The highest BCUT2D eigenvalue weighted by Crippen LogP contribution is 2.49. The topological polar surface area (TPSA) is 84.0 Å². The average molecular weight is 755 g/mol. The molecule has 2 aliphatic heterocycles. The van der Waals surface area contributed by atoms with E-state index in [0.29, 0.717) is 19.1 Å². The number of rotatable bonds is 14. The second-order valence-electron chi connectivity index (χ2n) is 14.4. The van der Waals surface area contributed by atoms with Gasteiger partial charge >= 0.3 is 12.1 Å². The summed E-state index contributed by atoms with van der Waals surface area (Å²) in [7, 11) is 6.38. The van der Waals surface area contributed by atoms with E-state index in [0.717, 1.165) is 36.6 Å². The van der Waals surface area contributed by atoms with E-state index >= 15 is 0 Å². The number of likely N-dealkylation sites (N-methyl/N-ethyl adjacent to an activating group) is 1. The third-order valence-electron chi connectivity index (χ3n) is 9.24. The maximum absolute atomic E-state index is 13.6. The minimum absolute atomic E-state index is 0.0138. The van der Waals surface area contributed by atoms with Crippen molar-refractivity contribution in [3.63, 3.8) is 0 Å². The van der Waals surface area contributed by atoms with E-state index in [-0.39, 0.29) is 42.2 Å². The summed E-state index contributed by atoms with van der Waals surface area (Å²) in [6.45, 7) is 9.42. The van der Waals surface area contributed by atoms with Crippen molar-refractivity contribution in [3.8, 4) is 23.0 Å². The van der Waals surface area contributed by atoms with E-state index < -0.39 is 23.8 Å². The fourth-order valence-corrected chi connectivity index (χ4v) is 6.53. The fraction of sp³-hybridized carbons (Fsp3) is 0.512. The first-order valence-corrected chi connectivity index (χ1v) is 18.3. The van der Waals surface area contributed by atoms with Gasteiger partial charge in [-0.05, 0) is 112 Å². The summed E-state index contributed by atoms with van der Waals surface area (Å²) in [6.07, 6.45) is 2.74. The molecular formula is C41H53F3N4O4S. The van der Waals surface area contributed by atoms with Crippen molar-refractivity contribution in [2.45, 2.75) is 78.1 Å². The smallest absolute Gasteiger partial charge is 0.416 e. The van der Waals surface area contributed by atoms with E-state index in [1.165, 1.54) is 40.5 Å². The number of carbonyl (C=O) groups is 2. The van der Waals surface area contributed by atoms with Gasteiger partial charge in [0.1, 0.15) is 11.7 Å². The molecule has 0 radical (unpaired) electrons. The fourth-order valence-electron chi connectivity index (χ4n) is 6.40. The van der Waals surface area contributed by atoms with Crippen molar-refractivity contribution in [2.75, 3.05) is 47.9 Å². The highest BCUT2D eigenvalue weighted by atomic mass is 32.1. The van der Waals surface area contributed by atoms with Crippen molar-refractivity contribution in [1.29, 1.82) is 0 Å². The molecule has 3 aliphatic rings. The Bertz CT molecular complexity index is 1680. The largest absolute Gasteiger partial charge is 0.469 e. The number of hydrogen-bond donors (Lipinski definition) is 1. The molecule has 2 bridgehead atoms. The van der Waals surface area contributed by atoms with Crippen LogP contribution in [0.15, 0.2) is 60.0 Å². The number of carbonyl (C=O) groups excluding carboxylic acids is 2. The zero-order valence-corrected chi connectivity index (χ0v) is 32.9. The SMILES string of the molecule is COC(=O)CCNC(=O)C(CC(C)C)N(C)/C=C(CCN(C)C)\C(=C/C=S)C(F)(F)F.Cc1cccc(C)c1-c1ccnc(C#CC23COC(C2)C3)c1. The molecule has 1 saturated carbocycles. The number of aryl methyl sites for hydroxylation is 2. The Kier molecular flexibility index (Phi) is 16.2. The van der Waals surface area contributed by atoms with E-state index in [9.17, 15) is 22.8 Å². The van der Waals surface area contributed by atoms with Crippen LogP contribution in [0.25, 0.3) is 11.1 Å². The van der Waals surface area contributed by atoms with Crippen LogP contribution in [0.3, 0.4) is 0 Å². The van der Waals surface area contributed by atoms with Gasteiger partial charge in [-0.15, -0.1) is 0 Å². The summed E-state index contributed by atoms with van der Waals surface area (Å²) in [6, 6.07) is 9.87. The Balaban J connectivity index is 0.000000298. The molecule has 1 N–H and O–H groups in total. The second kappa shape index (κ2) is 19.9. The van der Waals surface area contributed by atoms with Crippen molar-refractivity contribution < 1.29 is 32.2 Å². The monoisotopic (exact) mass is 754 g/mol. The number of alkyl halides is 3. The van der Waals surface area contributed by atoms with Gasteiger partial charge in [-0.3, -0.25) is 9.59 Å². The van der Waals surface area contributed by atoms with Crippen LogP contribution in [0.4, 0.5) is 13.2 Å². The van der Waals surface area contributed by atoms with Crippen molar-refractivity contribution >= 4 is 29.5 Å². The quantitative estimate of drug-likeness (QED) is 0.0712. The van der Waals surface area contributed by atoms with Crippen LogP contribution in [-0.2, 0) is 19.1 Å². The number of halogens is 3. The molecule has 1 aliphatic carbocycles. The van der Waals surface area contributed by atoms with Gasteiger partial charge in [-0.2, -0.15) is 13.2 Å². The number of allylic oxidation sites excluding steroid dienone is 2. The van der Waals surface area contributed by atoms with Gasteiger partial charge in [0, 0.05) is 37.9 Å². The molecule has 1 unspecified atom stereocenters. The van der Waals surface area contributed by atoms with Crippen molar-refractivity contribution in [2.24, 2.45) is 11.3 Å². The Morgan fingerprint density at radius 3 is 2.38 bits per heavy atom. The molecule has 3 heterocycles. The van der Waals surface area contributed by atoms with Crippen LogP contribution in [0.1, 0.15) is 62.8 Å². The molecule has 288 valence electrons. The lowest BCUT2D eigenvalue weighted by atomic mass is 9.71. The molecule has 8 nitrogen and oxygen atoms in total. The molecule has 3 fully saturated rings. The predicted octanol–water partition coefficient (Wildman–Crippen LogP) is 7.23. The normalized spacial score (nSPS) is 18.6. The molecule has 5 rings (SSSR count). The lowest BCUT2D eigenvalue weighted by molar-refractivity contribution is -0.140. The predicted molar refractivity (Wildman–Crippen MR) is 207 cm³/mol. The van der Waals surface area contributed by atoms with E-state index in [1.54, 1.807) is 26.0 Å². The number of nitrogens with one attached hydrogen (secondary N) is 1. The molecular weight excluding hydrogens is 702 g/mol.